The molecular weight excluding hydrogens is 498 g/mol. The van der Waals surface area contributed by atoms with Crippen molar-refractivity contribution in [2.24, 2.45) is 15.3 Å². The largest absolute Gasteiger partial charge is 0.271 e. The lowest BCUT2D eigenvalue weighted by molar-refractivity contribution is 0.0954. The van der Waals surface area contributed by atoms with Crippen molar-refractivity contribution in [3.05, 3.63) is 125 Å². The average molecular weight is 520 g/mol. The van der Waals surface area contributed by atoms with Crippen LogP contribution in [0.2, 0.25) is 0 Å². The van der Waals surface area contributed by atoms with Gasteiger partial charge < -0.3 is 0 Å². The van der Waals surface area contributed by atoms with Gasteiger partial charge in [-0.05, 0) is 54.6 Å². The predicted molar refractivity (Wildman–Crippen MR) is 144 cm³/mol. The predicted octanol–water partition coefficient (Wildman–Crippen LogP) is 2.16. The smallest absolute Gasteiger partial charge is 0.267 e. The van der Waals surface area contributed by atoms with E-state index in [0.717, 1.165) is 0 Å². The normalized spacial score (nSPS) is 11.1. The summed E-state index contributed by atoms with van der Waals surface area (Å²) in [5, 5.41) is 11.7. The van der Waals surface area contributed by atoms with Crippen molar-refractivity contribution in [1.29, 1.82) is 0 Å². The lowest BCUT2D eigenvalue weighted by Crippen LogP contribution is -2.24. The van der Waals surface area contributed by atoms with Crippen LogP contribution in [-0.4, -0.2) is 51.3 Å². The van der Waals surface area contributed by atoms with Gasteiger partial charge in [0.1, 0.15) is 0 Å². The van der Waals surface area contributed by atoms with Crippen LogP contribution in [0.5, 0.6) is 0 Å². The first-order chi connectivity index (χ1) is 19.1. The summed E-state index contributed by atoms with van der Waals surface area (Å²) in [5.41, 5.74) is 8.69. The Morgan fingerprint density at radius 3 is 1.08 bits per heavy atom. The lowest BCUT2D eigenvalue weighted by atomic mass is 10.0. The number of carbonyl (C=O) groups excluding carboxylic acids is 3. The van der Waals surface area contributed by atoms with Crippen LogP contribution in [0.1, 0.15) is 48.2 Å². The fraction of sp³-hybridized carbons (Fsp3) is 0. The molecule has 192 valence electrons. The van der Waals surface area contributed by atoms with Gasteiger partial charge in [-0.3, -0.25) is 29.3 Å². The molecule has 0 radical (unpaired) electrons. The number of nitrogens with zero attached hydrogens (tertiary/aromatic N) is 6. The Kier molecular flexibility index (Phi) is 9.00. The molecule has 0 unspecified atom stereocenters. The van der Waals surface area contributed by atoms with Crippen molar-refractivity contribution in [2.45, 2.75) is 0 Å². The summed E-state index contributed by atoms with van der Waals surface area (Å²) in [5.74, 6) is -1.96. The molecule has 0 aliphatic heterocycles. The number of amides is 3. The average Bonchev–Trinajstić information content (AvgIpc) is 2.98. The van der Waals surface area contributed by atoms with Crippen LogP contribution < -0.4 is 16.3 Å². The molecule has 3 aromatic heterocycles. The van der Waals surface area contributed by atoms with Crippen molar-refractivity contribution < 1.29 is 14.4 Å². The van der Waals surface area contributed by atoms with E-state index in [-0.39, 0.29) is 16.7 Å². The van der Waals surface area contributed by atoms with Gasteiger partial charge in [0.05, 0.1) is 35.7 Å². The summed E-state index contributed by atoms with van der Waals surface area (Å²) in [4.78, 5) is 50.6. The highest BCUT2D eigenvalue weighted by Gasteiger charge is 2.16. The van der Waals surface area contributed by atoms with Crippen LogP contribution in [0.3, 0.4) is 0 Å². The molecule has 0 aliphatic rings. The highest BCUT2D eigenvalue weighted by molar-refractivity contribution is 6.04. The van der Waals surface area contributed by atoms with Crippen LogP contribution in [0.4, 0.5) is 0 Å². The molecule has 0 saturated carbocycles. The van der Waals surface area contributed by atoms with Crippen LogP contribution in [0.15, 0.2) is 107 Å². The standard InChI is InChI=1S/C27H21N9O3/c37-25(34-31-16-22-7-1-4-10-28-22)19-13-20(26(38)35-32-17-23-8-2-5-11-29-23)15-21(14-19)27(39)36-33-18-24-9-3-6-12-30-24/h1-18H,(H,34,37)(H,35,38)(H,36,39)/b31-16+,32-17+,33-18+. The monoisotopic (exact) mass is 519 g/mol. The maximum Gasteiger partial charge on any atom is 0.271 e. The summed E-state index contributed by atoms with van der Waals surface area (Å²) < 4.78 is 0. The Hall–Kier alpha value is -5.91. The molecule has 0 spiro atoms. The SMILES string of the molecule is O=C(N/N=C/c1ccccn1)c1cc(C(=O)N/N=C/c2ccccn2)cc(C(=O)N/N=C/c2ccccn2)c1. The van der Waals surface area contributed by atoms with E-state index in [1.165, 1.54) is 36.8 Å². The molecule has 3 N–H and O–H groups in total. The molecule has 0 fully saturated rings. The number of hydrogen-bond acceptors (Lipinski definition) is 9. The van der Waals surface area contributed by atoms with Gasteiger partial charge >= 0.3 is 0 Å². The van der Waals surface area contributed by atoms with E-state index < -0.39 is 17.7 Å². The zero-order valence-electron chi connectivity index (χ0n) is 20.3. The van der Waals surface area contributed by atoms with Crippen LogP contribution in [0, 0.1) is 0 Å². The van der Waals surface area contributed by atoms with E-state index in [2.05, 4.69) is 46.5 Å². The summed E-state index contributed by atoms with van der Waals surface area (Å²) in [7, 11) is 0. The Morgan fingerprint density at radius 1 is 0.513 bits per heavy atom. The lowest BCUT2D eigenvalue weighted by Gasteiger charge is -2.08. The zero-order chi connectivity index (χ0) is 27.3. The number of nitrogens with one attached hydrogen (secondary N) is 3. The first-order valence-electron chi connectivity index (χ1n) is 11.5. The fourth-order valence-corrected chi connectivity index (χ4v) is 3.04. The first-order valence-corrected chi connectivity index (χ1v) is 11.5. The maximum absolute atomic E-state index is 12.8. The molecule has 12 nitrogen and oxygen atoms in total. The molecular formula is C27H21N9O3. The van der Waals surface area contributed by atoms with Crippen molar-refractivity contribution in [2.75, 3.05) is 0 Å². The summed E-state index contributed by atoms with van der Waals surface area (Å²) >= 11 is 0. The minimum Gasteiger partial charge on any atom is -0.267 e. The maximum atomic E-state index is 12.8. The molecule has 0 saturated heterocycles. The minimum atomic E-state index is -0.653. The van der Waals surface area contributed by atoms with Crippen LogP contribution in [0.25, 0.3) is 0 Å². The van der Waals surface area contributed by atoms with E-state index >= 15 is 0 Å². The topological polar surface area (TPSA) is 163 Å². The number of aromatic nitrogens is 3. The van der Waals surface area contributed by atoms with Crippen LogP contribution >= 0.6 is 0 Å². The third-order valence-electron chi connectivity index (χ3n) is 4.87. The third-order valence-corrected chi connectivity index (χ3v) is 4.87. The molecule has 0 bridgehead atoms. The Morgan fingerprint density at radius 2 is 0.821 bits per heavy atom. The molecule has 3 heterocycles. The summed E-state index contributed by atoms with van der Waals surface area (Å²) in [6.45, 7) is 0. The second-order valence-electron chi connectivity index (χ2n) is 7.66. The van der Waals surface area contributed by atoms with Gasteiger partial charge in [0.15, 0.2) is 0 Å². The van der Waals surface area contributed by atoms with Crippen molar-refractivity contribution in [3.63, 3.8) is 0 Å². The molecule has 12 heteroatoms. The van der Waals surface area contributed by atoms with Gasteiger partial charge in [-0.2, -0.15) is 15.3 Å². The zero-order valence-corrected chi connectivity index (χ0v) is 20.3. The Bertz CT molecular complexity index is 1330. The second-order valence-corrected chi connectivity index (χ2v) is 7.66. The number of pyridine rings is 3. The Labute approximate surface area is 222 Å². The molecule has 0 atom stereocenters. The molecule has 4 aromatic rings. The van der Waals surface area contributed by atoms with E-state index in [0.29, 0.717) is 17.1 Å². The third kappa shape index (κ3) is 8.05. The highest BCUT2D eigenvalue weighted by atomic mass is 16.2. The second kappa shape index (κ2) is 13.4. The van der Waals surface area contributed by atoms with E-state index in [9.17, 15) is 14.4 Å². The van der Waals surface area contributed by atoms with Crippen molar-refractivity contribution >= 4 is 36.4 Å². The quantitative estimate of drug-likeness (QED) is 0.227. The molecule has 3 amide bonds. The molecule has 1 aromatic carbocycles. The fourth-order valence-electron chi connectivity index (χ4n) is 3.04. The number of benzene rings is 1. The van der Waals surface area contributed by atoms with E-state index in [4.69, 9.17) is 0 Å². The molecule has 4 rings (SSSR count). The number of carbonyl (C=O) groups is 3. The highest BCUT2D eigenvalue weighted by Crippen LogP contribution is 2.12. The number of hydrazone groups is 3. The Balaban J connectivity index is 1.53. The summed E-state index contributed by atoms with van der Waals surface area (Å²) in [6, 6.07) is 19.6. The number of hydrogen-bond donors (Lipinski definition) is 3. The van der Waals surface area contributed by atoms with Crippen LogP contribution in [-0.2, 0) is 0 Å². The van der Waals surface area contributed by atoms with Gasteiger partial charge in [-0.25, -0.2) is 16.3 Å². The van der Waals surface area contributed by atoms with Crippen molar-refractivity contribution in [3.8, 4) is 0 Å². The van der Waals surface area contributed by atoms with E-state index in [1.807, 2.05) is 0 Å². The first kappa shape index (κ1) is 26.2. The van der Waals surface area contributed by atoms with Gasteiger partial charge in [0.2, 0.25) is 0 Å². The van der Waals surface area contributed by atoms with Gasteiger partial charge in [-0.15, -0.1) is 0 Å². The van der Waals surface area contributed by atoms with Gasteiger partial charge in [-0.1, -0.05) is 18.2 Å². The summed E-state index contributed by atoms with van der Waals surface area (Å²) in [6.07, 6.45) is 8.84. The van der Waals surface area contributed by atoms with Crippen molar-refractivity contribution in [1.82, 2.24) is 31.2 Å². The minimum absolute atomic E-state index is 0.00776. The number of rotatable bonds is 9. The molecule has 39 heavy (non-hydrogen) atoms. The van der Waals surface area contributed by atoms with E-state index in [1.54, 1.807) is 73.2 Å². The molecule has 0 aliphatic carbocycles. The van der Waals surface area contributed by atoms with Gasteiger partial charge in [0.25, 0.3) is 17.7 Å². The van der Waals surface area contributed by atoms with Gasteiger partial charge in [0, 0.05) is 35.3 Å².